The lowest BCUT2D eigenvalue weighted by Gasteiger charge is -2.38. The van der Waals surface area contributed by atoms with Crippen LogP contribution >= 0.6 is 0 Å². The molecule has 0 bridgehead atoms. The summed E-state index contributed by atoms with van der Waals surface area (Å²) in [5.74, 6) is -0.967. The predicted octanol–water partition coefficient (Wildman–Crippen LogP) is 4.05. The summed E-state index contributed by atoms with van der Waals surface area (Å²) in [6.45, 7) is 4.69. The number of benzene rings is 3. The van der Waals surface area contributed by atoms with Crippen molar-refractivity contribution >= 4 is 11.6 Å². The summed E-state index contributed by atoms with van der Waals surface area (Å²) in [5.41, 5.74) is 2.78. The van der Waals surface area contributed by atoms with Crippen LogP contribution < -0.4 is 10.2 Å². The van der Waals surface area contributed by atoms with Gasteiger partial charge in [0, 0.05) is 69.2 Å². The molecule has 2 saturated heterocycles. The van der Waals surface area contributed by atoms with Crippen LogP contribution in [0, 0.1) is 11.6 Å². The molecule has 0 aromatic heterocycles. The van der Waals surface area contributed by atoms with Crippen LogP contribution in [0.25, 0.3) is 0 Å². The van der Waals surface area contributed by atoms with E-state index in [1.165, 1.54) is 17.8 Å². The standard InChI is InChI=1S/C29H32F2N4O/c30-24-12-11-23(27(31)17-24)19-32-25-18-28(35(21-25)20-22-7-3-1-4-8-22)29(36)34-15-13-33(14-16-34)26-9-5-2-6-10-26/h1-12,17,25,28,32H,13-16,18-21H2/t25-,28-/m0/s1. The molecule has 1 N–H and O–H groups in total. The van der Waals surface area contributed by atoms with Gasteiger partial charge in [-0.2, -0.15) is 0 Å². The Morgan fingerprint density at radius 3 is 2.28 bits per heavy atom. The van der Waals surface area contributed by atoms with Gasteiger partial charge in [0.1, 0.15) is 11.6 Å². The topological polar surface area (TPSA) is 38.8 Å². The molecule has 1 amide bonds. The summed E-state index contributed by atoms with van der Waals surface area (Å²) < 4.78 is 27.4. The molecule has 0 unspecified atom stereocenters. The van der Waals surface area contributed by atoms with Gasteiger partial charge in [-0.25, -0.2) is 8.78 Å². The maximum absolute atomic E-state index is 14.1. The Kier molecular flexibility index (Phi) is 7.58. The third-order valence-corrected chi connectivity index (χ3v) is 7.23. The summed E-state index contributed by atoms with van der Waals surface area (Å²) in [5, 5.41) is 3.41. The second-order valence-corrected chi connectivity index (χ2v) is 9.63. The highest BCUT2D eigenvalue weighted by atomic mass is 19.1. The number of hydrogen-bond acceptors (Lipinski definition) is 4. The van der Waals surface area contributed by atoms with Crippen LogP contribution in [0.5, 0.6) is 0 Å². The number of hydrogen-bond donors (Lipinski definition) is 1. The number of amides is 1. The Morgan fingerprint density at radius 2 is 1.58 bits per heavy atom. The molecule has 3 aromatic carbocycles. The highest BCUT2D eigenvalue weighted by Crippen LogP contribution is 2.25. The van der Waals surface area contributed by atoms with Gasteiger partial charge in [-0.1, -0.05) is 54.6 Å². The van der Waals surface area contributed by atoms with Gasteiger partial charge in [-0.3, -0.25) is 9.69 Å². The molecule has 5 rings (SSSR count). The van der Waals surface area contributed by atoms with E-state index in [9.17, 15) is 13.6 Å². The zero-order valence-electron chi connectivity index (χ0n) is 20.3. The number of carbonyl (C=O) groups is 1. The summed E-state index contributed by atoms with van der Waals surface area (Å²) in [6.07, 6.45) is 0.660. The molecular formula is C29H32F2N4O. The number of carbonyl (C=O) groups excluding carboxylic acids is 1. The molecule has 2 aliphatic rings. The van der Waals surface area contributed by atoms with Crippen LogP contribution in [0.2, 0.25) is 0 Å². The molecule has 2 atom stereocenters. The molecule has 2 aliphatic heterocycles. The minimum Gasteiger partial charge on any atom is -0.368 e. The fourth-order valence-electron chi connectivity index (χ4n) is 5.25. The van der Waals surface area contributed by atoms with Gasteiger partial charge in [0.15, 0.2) is 0 Å². The number of anilines is 1. The molecule has 7 heteroatoms. The summed E-state index contributed by atoms with van der Waals surface area (Å²) in [4.78, 5) is 20.2. The van der Waals surface area contributed by atoms with Crippen LogP contribution in [0.3, 0.4) is 0 Å². The molecule has 36 heavy (non-hydrogen) atoms. The highest BCUT2D eigenvalue weighted by Gasteiger charge is 2.39. The Hall–Kier alpha value is -3.29. The average Bonchev–Trinajstić information content (AvgIpc) is 3.31. The zero-order valence-corrected chi connectivity index (χ0v) is 20.3. The van der Waals surface area contributed by atoms with Gasteiger partial charge in [0.25, 0.3) is 0 Å². The van der Waals surface area contributed by atoms with Gasteiger partial charge in [0.05, 0.1) is 6.04 Å². The summed E-state index contributed by atoms with van der Waals surface area (Å²) in [7, 11) is 0. The van der Waals surface area contributed by atoms with Gasteiger partial charge in [-0.05, 0) is 30.2 Å². The third kappa shape index (κ3) is 5.74. The first-order valence-electron chi connectivity index (χ1n) is 12.6. The van der Waals surface area contributed by atoms with Crippen molar-refractivity contribution in [2.45, 2.75) is 31.6 Å². The van der Waals surface area contributed by atoms with E-state index in [0.717, 1.165) is 24.7 Å². The molecule has 2 fully saturated rings. The molecular weight excluding hydrogens is 458 g/mol. The minimum absolute atomic E-state index is 0.0396. The van der Waals surface area contributed by atoms with Gasteiger partial charge in [0.2, 0.25) is 5.91 Å². The molecule has 0 aliphatic carbocycles. The molecule has 0 spiro atoms. The van der Waals surface area contributed by atoms with Crippen LogP contribution in [0.15, 0.2) is 78.9 Å². The minimum atomic E-state index is -0.579. The lowest BCUT2D eigenvalue weighted by atomic mass is 10.1. The van der Waals surface area contributed by atoms with E-state index in [4.69, 9.17) is 0 Å². The Labute approximate surface area is 211 Å². The number of halogens is 2. The van der Waals surface area contributed by atoms with E-state index >= 15 is 0 Å². The highest BCUT2D eigenvalue weighted by molar-refractivity contribution is 5.82. The van der Waals surface area contributed by atoms with E-state index in [1.54, 1.807) is 0 Å². The zero-order chi connectivity index (χ0) is 24.9. The quantitative estimate of drug-likeness (QED) is 0.543. The van der Waals surface area contributed by atoms with Gasteiger partial charge in [-0.15, -0.1) is 0 Å². The van der Waals surface area contributed by atoms with E-state index in [-0.39, 0.29) is 18.0 Å². The van der Waals surface area contributed by atoms with Crippen LogP contribution in [0.4, 0.5) is 14.5 Å². The summed E-state index contributed by atoms with van der Waals surface area (Å²) >= 11 is 0. The van der Waals surface area contributed by atoms with E-state index < -0.39 is 11.6 Å². The van der Waals surface area contributed by atoms with Crippen molar-refractivity contribution in [2.24, 2.45) is 0 Å². The number of nitrogens with zero attached hydrogens (tertiary/aromatic N) is 3. The van der Waals surface area contributed by atoms with Crippen LogP contribution in [0.1, 0.15) is 17.5 Å². The number of likely N-dealkylation sites (tertiary alicyclic amines) is 1. The van der Waals surface area contributed by atoms with Crippen molar-refractivity contribution in [3.8, 4) is 0 Å². The van der Waals surface area contributed by atoms with Crippen molar-refractivity contribution < 1.29 is 13.6 Å². The Morgan fingerprint density at radius 1 is 0.889 bits per heavy atom. The largest absolute Gasteiger partial charge is 0.368 e. The van der Waals surface area contributed by atoms with Crippen molar-refractivity contribution in [1.29, 1.82) is 0 Å². The maximum Gasteiger partial charge on any atom is 0.240 e. The average molecular weight is 491 g/mol. The number of para-hydroxylation sites is 1. The lowest BCUT2D eigenvalue weighted by Crippen LogP contribution is -2.53. The molecule has 3 aromatic rings. The first-order valence-corrected chi connectivity index (χ1v) is 12.6. The monoisotopic (exact) mass is 490 g/mol. The van der Waals surface area contributed by atoms with Crippen molar-refractivity contribution in [2.75, 3.05) is 37.6 Å². The Balaban J connectivity index is 1.24. The smallest absolute Gasteiger partial charge is 0.240 e. The maximum atomic E-state index is 14.1. The first kappa shape index (κ1) is 24.4. The molecule has 0 radical (unpaired) electrons. The molecule has 188 valence electrons. The molecule has 2 heterocycles. The summed E-state index contributed by atoms with van der Waals surface area (Å²) in [6, 6.07) is 23.9. The van der Waals surface area contributed by atoms with Crippen molar-refractivity contribution in [3.05, 3.63) is 102 Å². The second-order valence-electron chi connectivity index (χ2n) is 9.63. The first-order chi connectivity index (χ1) is 17.6. The fraction of sp³-hybridized carbons (Fsp3) is 0.345. The van der Waals surface area contributed by atoms with E-state index in [1.807, 2.05) is 41.3 Å². The van der Waals surface area contributed by atoms with Gasteiger partial charge < -0.3 is 15.1 Å². The Bertz CT molecular complexity index is 1150. The number of rotatable bonds is 7. The third-order valence-electron chi connectivity index (χ3n) is 7.23. The number of nitrogens with one attached hydrogen (secondary N) is 1. The van der Waals surface area contributed by atoms with E-state index in [2.05, 4.69) is 39.4 Å². The molecule has 5 nitrogen and oxygen atoms in total. The van der Waals surface area contributed by atoms with E-state index in [0.29, 0.717) is 44.7 Å². The predicted molar refractivity (Wildman–Crippen MR) is 137 cm³/mol. The SMILES string of the molecule is O=C([C@@H]1C[C@H](NCc2ccc(F)cc2F)CN1Cc1ccccc1)N1CCN(c2ccccc2)CC1. The normalized spacial score (nSPS) is 20.6. The van der Waals surface area contributed by atoms with Gasteiger partial charge >= 0.3 is 0 Å². The second kappa shape index (κ2) is 11.2. The number of piperazine rings is 1. The van der Waals surface area contributed by atoms with Crippen LogP contribution in [-0.2, 0) is 17.9 Å². The van der Waals surface area contributed by atoms with Crippen molar-refractivity contribution in [1.82, 2.24) is 15.1 Å². The fourth-order valence-corrected chi connectivity index (χ4v) is 5.25. The van der Waals surface area contributed by atoms with Crippen molar-refractivity contribution in [3.63, 3.8) is 0 Å². The van der Waals surface area contributed by atoms with Crippen LogP contribution in [-0.4, -0.2) is 60.5 Å². The lowest BCUT2D eigenvalue weighted by molar-refractivity contribution is -0.136. The molecule has 0 saturated carbocycles.